The van der Waals surface area contributed by atoms with Crippen LogP contribution in [0.4, 0.5) is 13.2 Å². The Morgan fingerprint density at radius 3 is 2.14 bits per heavy atom. The average molecular weight is 319 g/mol. The molecule has 0 aliphatic heterocycles. The molecule has 0 spiro atoms. The lowest BCUT2D eigenvalue weighted by Crippen LogP contribution is -2.31. The molecule has 1 rings (SSSR count). The van der Waals surface area contributed by atoms with Crippen molar-refractivity contribution in [1.82, 2.24) is 0 Å². The van der Waals surface area contributed by atoms with E-state index >= 15 is 0 Å². The fourth-order valence-electron chi connectivity index (χ4n) is 1.75. The summed E-state index contributed by atoms with van der Waals surface area (Å²) in [6.07, 6.45) is -4.90. The van der Waals surface area contributed by atoms with E-state index in [1.165, 1.54) is 12.1 Å². The molecule has 0 fully saturated rings. The lowest BCUT2D eigenvalue weighted by atomic mass is 9.86. The van der Waals surface area contributed by atoms with E-state index in [1.807, 2.05) is 40.7 Å². The highest BCUT2D eigenvalue weighted by Gasteiger charge is 2.31. The van der Waals surface area contributed by atoms with Crippen LogP contribution in [-0.4, -0.2) is 18.5 Å². The van der Waals surface area contributed by atoms with Gasteiger partial charge in [-0.15, -0.1) is 13.2 Å². The maximum atomic E-state index is 12.5. The summed E-state index contributed by atoms with van der Waals surface area (Å²) < 4.78 is 47.0. The summed E-state index contributed by atoms with van der Waals surface area (Å²) in [4.78, 5) is 0. The van der Waals surface area contributed by atoms with Gasteiger partial charge in [0, 0.05) is 6.04 Å². The molecule has 0 aromatic heterocycles. The quantitative estimate of drug-likeness (QED) is 0.887. The van der Waals surface area contributed by atoms with Gasteiger partial charge in [0.15, 0.2) is 0 Å². The minimum Gasteiger partial charge on any atom is -0.406 e. The number of hydrogen-bond acceptors (Lipinski definition) is 3. The van der Waals surface area contributed by atoms with Crippen LogP contribution in [-0.2, 0) is 16.8 Å². The zero-order valence-corrected chi connectivity index (χ0v) is 13.6. The summed E-state index contributed by atoms with van der Waals surface area (Å²) in [5.74, 6) is -0.230. The highest BCUT2D eigenvalue weighted by atomic mass is 19.4. The summed E-state index contributed by atoms with van der Waals surface area (Å²) in [5, 5.41) is 0. The highest BCUT2D eigenvalue weighted by molar-refractivity contribution is 5.37. The van der Waals surface area contributed by atoms with Crippen molar-refractivity contribution < 1.29 is 22.6 Å². The molecule has 0 heterocycles. The van der Waals surface area contributed by atoms with Crippen molar-refractivity contribution in [1.29, 1.82) is 0 Å². The predicted octanol–water partition coefficient (Wildman–Crippen LogP) is 4.14. The van der Waals surface area contributed by atoms with E-state index in [0.29, 0.717) is 5.56 Å². The van der Waals surface area contributed by atoms with Crippen molar-refractivity contribution in [2.24, 2.45) is 5.73 Å². The van der Waals surface area contributed by atoms with E-state index in [1.54, 1.807) is 0 Å². The van der Waals surface area contributed by atoms with Crippen molar-refractivity contribution in [3.63, 3.8) is 0 Å². The molecule has 0 aliphatic rings. The third kappa shape index (κ3) is 6.23. The number of halogens is 3. The van der Waals surface area contributed by atoms with Crippen LogP contribution in [0.3, 0.4) is 0 Å². The first-order valence-corrected chi connectivity index (χ1v) is 7.16. The van der Waals surface area contributed by atoms with Crippen molar-refractivity contribution in [2.75, 3.05) is 0 Å². The Hall–Kier alpha value is -1.27. The lowest BCUT2D eigenvalue weighted by molar-refractivity contribution is -0.274. The van der Waals surface area contributed by atoms with Crippen LogP contribution in [0.15, 0.2) is 18.2 Å². The average Bonchev–Trinajstić information content (AvgIpc) is 2.32. The van der Waals surface area contributed by atoms with Crippen molar-refractivity contribution >= 4 is 0 Å². The normalized spacial score (nSPS) is 15.5. The number of benzene rings is 1. The smallest absolute Gasteiger partial charge is 0.406 e. The Labute approximate surface area is 129 Å². The van der Waals surface area contributed by atoms with E-state index < -0.39 is 6.36 Å². The molecule has 22 heavy (non-hydrogen) atoms. The largest absolute Gasteiger partial charge is 0.573 e. The number of ether oxygens (including phenoxy) is 2. The zero-order valence-electron chi connectivity index (χ0n) is 13.6. The second-order valence-electron chi connectivity index (χ2n) is 6.54. The summed E-state index contributed by atoms with van der Waals surface area (Å²) in [5.41, 5.74) is 6.79. The van der Waals surface area contributed by atoms with E-state index in [9.17, 15) is 13.2 Å². The van der Waals surface area contributed by atoms with E-state index in [0.717, 1.165) is 5.56 Å². The summed E-state index contributed by atoms with van der Waals surface area (Å²) in [7, 11) is 0. The maximum Gasteiger partial charge on any atom is 0.573 e. The minimum absolute atomic E-state index is 0.156. The van der Waals surface area contributed by atoms with Crippen LogP contribution in [0.5, 0.6) is 5.75 Å². The predicted molar refractivity (Wildman–Crippen MR) is 79.7 cm³/mol. The SMILES string of the molecule is C[C@H](OCc1cc(OC(F)(F)F)cc(C(C)(C)C)c1)[C@@H](C)N. The maximum absolute atomic E-state index is 12.5. The molecule has 6 heteroatoms. The van der Waals surface area contributed by atoms with Crippen LogP contribution in [0.1, 0.15) is 45.7 Å². The molecule has 1 aromatic carbocycles. The minimum atomic E-state index is -4.71. The molecule has 0 saturated carbocycles. The first kappa shape index (κ1) is 18.8. The highest BCUT2D eigenvalue weighted by Crippen LogP contribution is 2.31. The Morgan fingerprint density at radius 1 is 1.09 bits per heavy atom. The summed E-state index contributed by atoms with van der Waals surface area (Å²) in [6.45, 7) is 9.60. The zero-order chi connectivity index (χ0) is 17.1. The van der Waals surface area contributed by atoms with Gasteiger partial charge in [-0.3, -0.25) is 0 Å². The Kier molecular flexibility index (Phi) is 5.87. The third-order valence-electron chi connectivity index (χ3n) is 3.32. The number of rotatable bonds is 5. The lowest BCUT2D eigenvalue weighted by Gasteiger charge is -2.22. The number of hydrogen-bond donors (Lipinski definition) is 1. The third-order valence-corrected chi connectivity index (χ3v) is 3.32. The van der Waals surface area contributed by atoms with Crippen LogP contribution in [0.25, 0.3) is 0 Å². The first-order valence-electron chi connectivity index (χ1n) is 7.16. The standard InChI is InChI=1S/C16H24F3NO2/c1-10(20)11(2)21-9-12-6-13(15(3,4)5)8-14(7-12)22-16(17,18)19/h6-8,10-11H,9,20H2,1-5H3/t10-,11+/m1/s1. The van der Waals surface area contributed by atoms with Gasteiger partial charge in [-0.05, 0) is 42.5 Å². The Bertz CT molecular complexity index is 493. The Morgan fingerprint density at radius 2 is 1.68 bits per heavy atom. The van der Waals surface area contributed by atoms with Gasteiger partial charge >= 0.3 is 6.36 Å². The first-order chi connectivity index (χ1) is 9.88. The van der Waals surface area contributed by atoms with Crippen LogP contribution < -0.4 is 10.5 Å². The molecule has 0 saturated heterocycles. The van der Waals surface area contributed by atoms with Gasteiger partial charge in [-0.2, -0.15) is 0 Å². The van der Waals surface area contributed by atoms with Gasteiger partial charge in [-0.25, -0.2) is 0 Å². The molecule has 0 amide bonds. The molecule has 0 bridgehead atoms. The molecular formula is C16H24F3NO2. The number of nitrogens with two attached hydrogens (primary N) is 1. The van der Waals surface area contributed by atoms with Gasteiger partial charge in [0.1, 0.15) is 5.75 Å². The molecule has 1 aromatic rings. The molecule has 2 N–H and O–H groups in total. The van der Waals surface area contributed by atoms with E-state index in [2.05, 4.69) is 4.74 Å². The van der Waals surface area contributed by atoms with Crippen molar-refractivity contribution in [3.8, 4) is 5.75 Å². The topological polar surface area (TPSA) is 44.5 Å². The van der Waals surface area contributed by atoms with Crippen molar-refractivity contribution in [3.05, 3.63) is 29.3 Å². The summed E-state index contributed by atoms with van der Waals surface area (Å²) in [6, 6.07) is 4.43. The molecule has 3 nitrogen and oxygen atoms in total. The summed E-state index contributed by atoms with van der Waals surface area (Å²) >= 11 is 0. The van der Waals surface area contributed by atoms with Crippen molar-refractivity contribution in [2.45, 2.75) is 65.1 Å². The van der Waals surface area contributed by atoms with Crippen LogP contribution >= 0.6 is 0 Å². The second-order valence-corrected chi connectivity index (χ2v) is 6.54. The van der Waals surface area contributed by atoms with Gasteiger partial charge in [0.2, 0.25) is 0 Å². The molecular weight excluding hydrogens is 295 g/mol. The second kappa shape index (κ2) is 6.87. The molecule has 2 atom stereocenters. The number of alkyl halides is 3. The van der Waals surface area contributed by atoms with Gasteiger partial charge < -0.3 is 15.2 Å². The molecule has 0 aliphatic carbocycles. The fraction of sp³-hybridized carbons (Fsp3) is 0.625. The van der Waals surface area contributed by atoms with Crippen LogP contribution in [0.2, 0.25) is 0 Å². The van der Waals surface area contributed by atoms with Gasteiger partial charge in [0.25, 0.3) is 0 Å². The fourth-order valence-corrected chi connectivity index (χ4v) is 1.75. The monoisotopic (exact) mass is 319 g/mol. The Balaban J connectivity index is 3.03. The molecule has 126 valence electrons. The molecule has 0 radical (unpaired) electrons. The molecule has 0 unspecified atom stereocenters. The van der Waals surface area contributed by atoms with E-state index in [4.69, 9.17) is 10.5 Å². The van der Waals surface area contributed by atoms with E-state index in [-0.39, 0.29) is 29.9 Å². The van der Waals surface area contributed by atoms with Gasteiger partial charge in [0.05, 0.1) is 12.7 Å². The van der Waals surface area contributed by atoms with Gasteiger partial charge in [-0.1, -0.05) is 26.8 Å². The van der Waals surface area contributed by atoms with Crippen LogP contribution in [0, 0.1) is 0 Å².